The fourth-order valence-electron chi connectivity index (χ4n) is 1.66. The standard InChI is InChI=1S/C14H9NO2S/c16-9-10-5-1-4-8-13(10)18-14-15-11-6-2-3-7-12(11)17-14/h1-9H. The van der Waals surface area contributed by atoms with Crippen LogP contribution in [0.15, 0.2) is 63.1 Å². The zero-order valence-corrected chi connectivity index (χ0v) is 10.2. The van der Waals surface area contributed by atoms with E-state index in [0.29, 0.717) is 10.8 Å². The van der Waals surface area contributed by atoms with Crippen LogP contribution in [0.3, 0.4) is 0 Å². The molecule has 0 fully saturated rings. The second kappa shape index (κ2) is 4.66. The van der Waals surface area contributed by atoms with Crippen LogP contribution in [0.1, 0.15) is 10.4 Å². The highest BCUT2D eigenvalue weighted by molar-refractivity contribution is 7.99. The minimum Gasteiger partial charge on any atom is -0.431 e. The fourth-order valence-corrected chi connectivity index (χ4v) is 2.50. The van der Waals surface area contributed by atoms with E-state index in [0.717, 1.165) is 22.3 Å². The van der Waals surface area contributed by atoms with E-state index in [4.69, 9.17) is 4.42 Å². The van der Waals surface area contributed by atoms with Gasteiger partial charge in [0.05, 0.1) is 0 Å². The third-order valence-corrected chi connectivity index (χ3v) is 3.46. The molecule has 0 N–H and O–H groups in total. The van der Waals surface area contributed by atoms with Crippen LogP contribution in [-0.4, -0.2) is 11.3 Å². The Morgan fingerprint density at radius 1 is 1.06 bits per heavy atom. The van der Waals surface area contributed by atoms with Crippen molar-refractivity contribution < 1.29 is 9.21 Å². The second-order valence-corrected chi connectivity index (χ2v) is 4.70. The normalized spacial score (nSPS) is 10.7. The van der Waals surface area contributed by atoms with Crippen LogP contribution in [0.4, 0.5) is 0 Å². The summed E-state index contributed by atoms with van der Waals surface area (Å²) >= 11 is 1.36. The van der Waals surface area contributed by atoms with Gasteiger partial charge in [0.2, 0.25) is 0 Å². The number of hydrogen-bond donors (Lipinski definition) is 0. The molecule has 0 spiro atoms. The van der Waals surface area contributed by atoms with Gasteiger partial charge >= 0.3 is 0 Å². The van der Waals surface area contributed by atoms with Crippen molar-refractivity contribution in [3.05, 3.63) is 54.1 Å². The summed E-state index contributed by atoms with van der Waals surface area (Å²) in [5.41, 5.74) is 2.22. The van der Waals surface area contributed by atoms with Crippen LogP contribution in [-0.2, 0) is 0 Å². The lowest BCUT2D eigenvalue weighted by atomic mass is 10.2. The van der Waals surface area contributed by atoms with Gasteiger partial charge in [0.15, 0.2) is 11.9 Å². The molecule has 0 amide bonds. The zero-order chi connectivity index (χ0) is 12.4. The Balaban J connectivity index is 1.98. The Morgan fingerprint density at radius 2 is 1.83 bits per heavy atom. The number of rotatable bonds is 3. The maximum absolute atomic E-state index is 10.9. The maximum Gasteiger partial charge on any atom is 0.261 e. The first-order chi connectivity index (χ1) is 8.86. The minimum atomic E-state index is 0.547. The molecule has 18 heavy (non-hydrogen) atoms. The van der Waals surface area contributed by atoms with Crippen LogP contribution in [0.5, 0.6) is 0 Å². The molecule has 0 aliphatic heterocycles. The molecule has 0 aliphatic carbocycles. The molecule has 3 nitrogen and oxygen atoms in total. The van der Waals surface area contributed by atoms with Crippen LogP contribution in [0.25, 0.3) is 11.1 Å². The fraction of sp³-hybridized carbons (Fsp3) is 0. The van der Waals surface area contributed by atoms with Crippen molar-refractivity contribution in [2.24, 2.45) is 0 Å². The molecule has 1 aromatic heterocycles. The lowest BCUT2D eigenvalue weighted by molar-refractivity contribution is 0.112. The van der Waals surface area contributed by atoms with Gasteiger partial charge in [-0.05, 0) is 30.0 Å². The van der Waals surface area contributed by atoms with E-state index in [-0.39, 0.29) is 0 Å². The van der Waals surface area contributed by atoms with Gasteiger partial charge in [-0.15, -0.1) is 0 Å². The van der Waals surface area contributed by atoms with Gasteiger partial charge in [-0.1, -0.05) is 30.3 Å². The highest BCUT2D eigenvalue weighted by atomic mass is 32.2. The van der Waals surface area contributed by atoms with E-state index < -0.39 is 0 Å². The number of hydrogen-bond acceptors (Lipinski definition) is 4. The minimum absolute atomic E-state index is 0.547. The summed E-state index contributed by atoms with van der Waals surface area (Å²) in [6.45, 7) is 0. The van der Waals surface area contributed by atoms with Gasteiger partial charge in [0.25, 0.3) is 5.22 Å². The molecule has 3 rings (SSSR count). The Labute approximate surface area is 108 Å². The van der Waals surface area contributed by atoms with E-state index in [1.807, 2.05) is 42.5 Å². The summed E-state index contributed by atoms with van der Waals surface area (Å²) in [4.78, 5) is 16.1. The smallest absolute Gasteiger partial charge is 0.261 e. The lowest BCUT2D eigenvalue weighted by Crippen LogP contribution is -1.83. The molecule has 2 aromatic carbocycles. The molecule has 0 bridgehead atoms. The van der Waals surface area contributed by atoms with Crippen molar-refractivity contribution in [3.63, 3.8) is 0 Å². The number of carbonyl (C=O) groups is 1. The number of nitrogens with zero attached hydrogens (tertiary/aromatic N) is 1. The first-order valence-corrected chi connectivity index (χ1v) is 6.26. The predicted octanol–water partition coefficient (Wildman–Crippen LogP) is 3.79. The summed E-state index contributed by atoms with van der Waals surface area (Å²) in [5, 5.41) is 0.547. The van der Waals surface area contributed by atoms with Crippen molar-refractivity contribution in [1.29, 1.82) is 0 Å². The molecule has 4 heteroatoms. The van der Waals surface area contributed by atoms with Crippen LogP contribution < -0.4 is 0 Å². The number of benzene rings is 2. The van der Waals surface area contributed by atoms with Crippen molar-refractivity contribution in [1.82, 2.24) is 4.98 Å². The van der Waals surface area contributed by atoms with E-state index in [2.05, 4.69) is 4.98 Å². The van der Waals surface area contributed by atoms with E-state index in [1.54, 1.807) is 6.07 Å². The van der Waals surface area contributed by atoms with Gasteiger partial charge < -0.3 is 4.42 Å². The molecule has 88 valence electrons. The van der Waals surface area contributed by atoms with E-state index in [1.165, 1.54) is 11.8 Å². The number of carbonyl (C=O) groups excluding carboxylic acids is 1. The van der Waals surface area contributed by atoms with Crippen LogP contribution >= 0.6 is 11.8 Å². The molecule has 0 atom stereocenters. The van der Waals surface area contributed by atoms with E-state index >= 15 is 0 Å². The molecule has 0 saturated heterocycles. The quantitative estimate of drug-likeness (QED) is 0.668. The molecular weight excluding hydrogens is 246 g/mol. The first kappa shape index (κ1) is 11.0. The summed E-state index contributed by atoms with van der Waals surface area (Å²) in [6.07, 6.45) is 0.838. The predicted molar refractivity (Wildman–Crippen MR) is 70.0 cm³/mol. The van der Waals surface area contributed by atoms with Crippen molar-refractivity contribution >= 4 is 29.1 Å². The Morgan fingerprint density at radius 3 is 2.67 bits per heavy atom. The van der Waals surface area contributed by atoms with Crippen molar-refractivity contribution in [2.75, 3.05) is 0 Å². The Bertz CT molecular complexity index is 673. The molecule has 0 saturated carbocycles. The number of oxazole rings is 1. The number of para-hydroxylation sites is 2. The molecular formula is C14H9NO2S. The number of aldehydes is 1. The topological polar surface area (TPSA) is 43.1 Å². The van der Waals surface area contributed by atoms with Gasteiger partial charge in [0.1, 0.15) is 5.52 Å². The molecule has 3 aromatic rings. The maximum atomic E-state index is 10.9. The first-order valence-electron chi connectivity index (χ1n) is 5.44. The SMILES string of the molecule is O=Cc1ccccc1Sc1nc2ccccc2o1. The average Bonchev–Trinajstić information content (AvgIpc) is 2.81. The monoisotopic (exact) mass is 255 g/mol. The summed E-state index contributed by atoms with van der Waals surface area (Å²) in [6, 6.07) is 15.0. The third kappa shape index (κ3) is 2.02. The van der Waals surface area contributed by atoms with Gasteiger partial charge in [0, 0.05) is 10.5 Å². The highest BCUT2D eigenvalue weighted by Gasteiger charge is 2.09. The molecule has 1 heterocycles. The Hall–Kier alpha value is -2.07. The molecule has 0 radical (unpaired) electrons. The largest absolute Gasteiger partial charge is 0.431 e. The zero-order valence-electron chi connectivity index (χ0n) is 9.37. The van der Waals surface area contributed by atoms with E-state index in [9.17, 15) is 4.79 Å². The average molecular weight is 255 g/mol. The highest BCUT2D eigenvalue weighted by Crippen LogP contribution is 2.31. The van der Waals surface area contributed by atoms with Gasteiger partial charge in [-0.25, -0.2) is 4.98 Å². The number of aromatic nitrogens is 1. The van der Waals surface area contributed by atoms with Crippen molar-refractivity contribution in [2.45, 2.75) is 10.1 Å². The molecule has 0 unspecified atom stereocenters. The summed E-state index contributed by atoms with van der Waals surface area (Å²) < 4.78 is 5.61. The van der Waals surface area contributed by atoms with Crippen LogP contribution in [0, 0.1) is 0 Å². The Kier molecular flexibility index (Phi) is 2.86. The lowest BCUT2D eigenvalue weighted by Gasteiger charge is -1.99. The summed E-state index contributed by atoms with van der Waals surface area (Å²) in [5.74, 6) is 0. The molecule has 0 aliphatic rings. The second-order valence-electron chi connectivity index (χ2n) is 3.71. The van der Waals surface area contributed by atoms with Crippen molar-refractivity contribution in [3.8, 4) is 0 Å². The number of fused-ring (bicyclic) bond motifs is 1. The van der Waals surface area contributed by atoms with Crippen LogP contribution in [0.2, 0.25) is 0 Å². The summed E-state index contributed by atoms with van der Waals surface area (Å²) in [7, 11) is 0. The third-order valence-electron chi connectivity index (χ3n) is 2.52. The van der Waals surface area contributed by atoms with Gasteiger partial charge in [-0.2, -0.15) is 0 Å². The van der Waals surface area contributed by atoms with Gasteiger partial charge in [-0.3, -0.25) is 4.79 Å².